The Labute approximate surface area is 94.0 Å². The van der Waals surface area contributed by atoms with Gasteiger partial charge in [0.05, 0.1) is 12.6 Å². The van der Waals surface area contributed by atoms with Gasteiger partial charge < -0.3 is 15.0 Å². The van der Waals surface area contributed by atoms with Gasteiger partial charge in [-0.3, -0.25) is 0 Å². The summed E-state index contributed by atoms with van der Waals surface area (Å²) < 4.78 is 7.39. The molecule has 84 valence electrons. The van der Waals surface area contributed by atoms with Crippen LogP contribution < -0.4 is 10.5 Å². The Morgan fingerprint density at radius 3 is 2.88 bits per heavy atom. The van der Waals surface area contributed by atoms with Gasteiger partial charge in [0.15, 0.2) is 0 Å². The highest BCUT2D eigenvalue weighted by molar-refractivity contribution is 5.85. The molecule has 1 fully saturated rings. The van der Waals surface area contributed by atoms with E-state index in [9.17, 15) is 0 Å². The molecule has 0 spiro atoms. The predicted octanol–water partition coefficient (Wildman–Crippen LogP) is 1.53. The van der Waals surface area contributed by atoms with Gasteiger partial charge in [-0.2, -0.15) is 0 Å². The van der Waals surface area contributed by atoms with Gasteiger partial charge in [0.1, 0.15) is 5.52 Å². The number of methoxy groups -OCH3 is 1. The molecule has 2 aromatic heterocycles. The largest absolute Gasteiger partial charge is 0.479 e. The number of pyridine rings is 1. The van der Waals surface area contributed by atoms with Crippen LogP contribution in [-0.2, 0) is 12.6 Å². The van der Waals surface area contributed by atoms with Gasteiger partial charge >= 0.3 is 0 Å². The van der Waals surface area contributed by atoms with Crippen LogP contribution in [0.2, 0.25) is 0 Å². The molecule has 16 heavy (non-hydrogen) atoms. The second kappa shape index (κ2) is 2.98. The van der Waals surface area contributed by atoms with Crippen LogP contribution in [0.5, 0.6) is 5.88 Å². The second-order valence-corrected chi connectivity index (χ2v) is 4.50. The number of nitrogens with two attached hydrogens (primary N) is 1. The first-order chi connectivity index (χ1) is 7.65. The Bertz CT molecular complexity index is 555. The Hall–Kier alpha value is -1.55. The molecule has 0 aliphatic heterocycles. The van der Waals surface area contributed by atoms with E-state index < -0.39 is 0 Å². The van der Waals surface area contributed by atoms with Crippen LogP contribution in [0.3, 0.4) is 0 Å². The number of hydrogen-bond donors (Lipinski definition) is 1. The standard InChI is InChI=1S/C12H15N3O/c1-15-9(12(13)4-5-12)7-8-3-6-14-11(16-2)10(8)15/h3,6-7H,4-5,13H2,1-2H3. The minimum atomic E-state index is -0.126. The molecule has 0 aromatic carbocycles. The lowest BCUT2D eigenvalue weighted by Crippen LogP contribution is -2.21. The molecule has 3 rings (SSSR count). The Morgan fingerprint density at radius 2 is 2.25 bits per heavy atom. The molecule has 1 saturated carbocycles. The molecule has 0 unspecified atom stereocenters. The smallest absolute Gasteiger partial charge is 0.238 e. The lowest BCUT2D eigenvalue weighted by atomic mass is 10.2. The minimum absolute atomic E-state index is 0.126. The third kappa shape index (κ3) is 1.16. The first kappa shape index (κ1) is 9.66. The highest BCUT2D eigenvalue weighted by Gasteiger charge is 2.42. The highest BCUT2D eigenvalue weighted by atomic mass is 16.5. The van der Waals surface area contributed by atoms with Crippen LogP contribution in [-0.4, -0.2) is 16.7 Å². The molecule has 2 heterocycles. The topological polar surface area (TPSA) is 53.1 Å². The van der Waals surface area contributed by atoms with E-state index in [1.165, 1.54) is 5.69 Å². The van der Waals surface area contributed by atoms with E-state index in [0.29, 0.717) is 5.88 Å². The Balaban J connectivity index is 2.30. The van der Waals surface area contributed by atoms with Gasteiger partial charge in [0, 0.05) is 24.3 Å². The van der Waals surface area contributed by atoms with Crippen molar-refractivity contribution in [3.8, 4) is 5.88 Å². The van der Waals surface area contributed by atoms with Crippen LogP contribution in [0.25, 0.3) is 10.9 Å². The number of rotatable bonds is 2. The Kier molecular flexibility index (Phi) is 1.80. The van der Waals surface area contributed by atoms with Crippen molar-refractivity contribution in [3.05, 3.63) is 24.0 Å². The first-order valence-corrected chi connectivity index (χ1v) is 5.43. The van der Waals surface area contributed by atoms with E-state index in [-0.39, 0.29) is 5.54 Å². The van der Waals surface area contributed by atoms with Crippen molar-refractivity contribution < 1.29 is 4.74 Å². The molecule has 4 nitrogen and oxygen atoms in total. The summed E-state index contributed by atoms with van der Waals surface area (Å²) in [5.41, 5.74) is 8.32. The van der Waals surface area contributed by atoms with Crippen LogP contribution in [0.15, 0.2) is 18.3 Å². The number of aryl methyl sites for hydroxylation is 1. The summed E-state index contributed by atoms with van der Waals surface area (Å²) in [7, 11) is 3.67. The molecule has 0 amide bonds. The van der Waals surface area contributed by atoms with E-state index in [0.717, 1.165) is 23.7 Å². The van der Waals surface area contributed by atoms with Crippen LogP contribution >= 0.6 is 0 Å². The number of ether oxygens (including phenoxy) is 1. The van der Waals surface area contributed by atoms with Gasteiger partial charge in [-0.15, -0.1) is 0 Å². The van der Waals surface area contributed by atoms with Crippen molar-refractivity contribution in [2.45, 2.75) is 18.4 Å². The summed E-state index contributed by atoms with van der Waals surface area (Å²) in [6.45, 7) is 0. The highest BCUT2D eigenvalue weighted by Crippen LogP contribution is 2.44. The minimum Gasteiger partial charge on any atom is -0.479 e. The van der Waals surface area contributed by atoms with Crippen molar-refractivity contribution in [1.29, 1.82) is 0 Å². The SMILES string of the molecule is COc1nccc2cc(C3(N)CC3)n(C)c12. The second-order valence-electron chi connectivity index (χ2n) is 4.50. The van der Waals surface area contributed by atoms with Crippen molar-refractivity contribution in [1.82, 2.24) is 9.55 Å². The lowest BCUT2D eigenvalue weighted by Gasteiger charge is -2.11. The fraction of sp³-hybridized carbons (Fsp3) is 0.417. The summed E-state index contributed by atoms with van der Waals surface area (Å²) in [5.74, 6) is 0.663. The molecular formula is C12H15N3O. The summed E-state index contributed by atoms with van der Waals surface area (Å²) in [5, 5.41) is 1.14. The van der Waals surface area contributed by atoms with Gasteiger partial charge in [0.25, 0.3) is 0 Å². The maximum atomic E-state index is 6.24. The maximum Gasteiger partial charge on any atom is 0.238 e. The predicted molar refractivity (Wildman–Crippen MR) is 62.4 cm³/mol. The monoisotopic (exact) mass is 217 g/mol. The average Bonchev–Trinajstić information content (AvgIpc) is 2.94. The molecule has 1 aliphatic carbocycles. The quantitative estimate of drug-likeness (QED) is 0.830. The fourth-order valence-electron chi connectivity index (χ4n) is 2.28. The van der Waals surface area contributed by atoms with Crippen molar-refractivity contribution in [3.63, 3.8) is 0 Å². The van der Waals surface area contributed by atoms with Crippen LogP contribution in [0.4, 0.5) is 0 Å². The van der Waals surface area contributed by atoms with Crippen molar-refractivity contribution in [2.75, 3.05) is 7.11 Å². The van der Waals surface area contributed by atoms with Gasteiger partial charge in [-0.1, -0.05) is 0 Å². The molecule has 0 saturated heterocycles. The molecule has 2 aromatic rings. The van der Waals surface area contributed by atoms with Gasteiger partial charge in [0.2, 0.25) is 5.88 Å². The van der Waals surface area contributed by atoms with Gasteiger partial charge in [-0.25, -0.2) is 4.98 Å². The normalized spacial score (nSPS) is 17.7. The zero-order chi connectivity index (χ0) is 11.3. The third-order valence-corrected chi connectivity index (χ3v) is 3.40. The summed E-state index contributed by atoms with van der Waals surface area (Å²) in [6, 6.07) is 4.14. The first-order valence-electron chi connectivity index (χ1n) is 5.43. The van der Waals surface area contributed by atoms with E-state index in [1.54, 1.807) is 13.3 Å². The van der Waals surface area contributed by atoms with E-state index in [1.807, 2.05) is 13.1 Å². The zero-order valence-electron chi connectivity index (χ0n) is 9.53. The molecule has 1 aliphatic rings. The Morgan fingerprint density at radius 1 is 1.50 bits per heavy atom. The van der Waals surface area contributed by atoms with Crippen molar-refractivity contribution in [2.24, 2.45) is 12.8 Å². The molecule has 0 bridgehead atoms. The number of fused-ring (bicyclic) bond motifs is 1. The van der Waals surface area contributed by atoms with Gasteiger partial charge in [-0.05, 0) is 25.0 Å². The zero-order valence-corrected chi connectivity index (χ0v) is 9.53. The third-order valence-electron chi connectivity index (χ3n) is 3.40. The van der Waals surface area contributed by atoms with E-state index in [2.05, 4.69) is 15.6 Å². The summed E-state index contributed by atoms with van der Waals surface area (Å²) in [6.07, 6.45) is 3.89. The number of nitrogens with zero attached hydrogens (tertiary/aromatic N) is 2. The van der Waals surface area contributed by atoms with Crippen molar-refractivity contribution >= 4 is 10.9 Å². The maximum absolute atomic E-state index is 6.24. The molecule has 0 radical (unpaired) electrons. The number of aromatic nitrogens is 2. The molecule has 2 N–H and O–H groups in total. The average molecular weight is 217 g/mol. The summed E-state index contributed by atoms with van der Waals surface area (Å²) in [4.78, 5) is 4.22. The van der Waals surface area contributed by atoms with Crippen LogP contribution in [0.1, 0.15) is 18.5 Å². The lowest BCUT2D eigenvalue weighted by molar-refractivity contribution is 0.401. The van der Waals surface area contributed by atoms with E-state index in [4.69, 9.17) is 10.5 Å². The molecule has 4 heteroatoms. The molecular weight excluding hydrogens is 202 g/mol. The molecule has 0 atom stereocenters. The fourth-order valence-corrected chi connectivity index (χ4v) is 2.28. The van der Waals surface area contributed by atoms with Crippen LogP contribution in [0, 0.1) is 0 Å². The van der Waals surface area contributed by atoms with E-state index >= 15 is 0 Å². The summed E-state index contributed by atoms with van der Waals surface area (Å²) >= 11 is 0. The number of hydrogen-bond acceptors (Lipinski definition) is 3.